The fraction of sp³-hybridized carbons (Fsp3) is 0.0526. The summed E-state index contributed by atoms with van der Waals surface area (Å²) in [5, 5.41) is 3.38. The molecule has 1 heterocycles. The van der Waals surface area contributed by atoms with Gasteiger partial charge in [0.05, 0.1) is 5.52 Å². The Hall–Kier alpha value is -1.58. The lowest BCUT2D eigenvalue weighted by Crippen LogP contribution is -1.87. The molecule has 108 valence electrons. The lowest BCUT2D eigenvalue weighted by atomic mass is 9.98. The quantitative estimate of drug-likeness (QED) is 0.353. The van der Waals surface area contributed by atoms with E-state index in [1.165, 1.54) is 38.5 Å². The molecular weight excluding hydrogens is 402 g/mol. The van der Waals surface area contributed by atoms with Gasteiger partial charge in [0.1, 0.15) is 0 Å². The number of halogens is 2. The molecule has 3 heteroatoms. The van der Waals surface area contributed by atoms with E-state index in [0.29, 0.717) is 0 Å². The Morgan fingerprint density at radius 2 is 1.64 bits per heavy atom. The van der Waals surface area contributed by atoms with Crippen LogP contribution in [0.1, 0.15) is 5.56 Å². The lowest BCUT2D eigenvalue weighted by Gasteiger charge is -2.09. The number of benzene rings is 3. The SMILES string of the molecule is BrCc1ccc(Br)cc1-c1cccc2c1[nH]c1ccccc12. The molecule has 0 amide bonds. The molecule has 0 radical (unpaired) electrons. The fourth-order valence-electron chi connectivity index (χ4n) is 3.01. The van der Waals surface area contributed by atoms with Crippen molar-refractivity contribution in [2.24, 2.45) is 0 Å². The van der Waals surface area contributed by atoms with Crippen LogP contribution in [0, 0.1) is 0 Å². The Kier molecular flexibility index (Phi) is 3.55. The molecule has 3 aromatic carbocycles. The number of aromatic amines is 1. The van der Waals surface area contributed by atoms with Crippen molar-refractivity contribution in [3.63, 3.8) is 0 Å². The maximum atomic E-state index is 3.60. The van der Waals surface area contributed by atoms with E-state index in [2.05, 4.69) is 97.5 Å². The summed E-state index contributed by atoms with van der Waals surface area (Å²) < 4.78 is 1.10. The van der Waals surface area contributed by atoms with Crippen LogP contribution in [-0.2, 0) is 5.33 Å². The molecule has 0 saturated heterocycles. The maximum Gasteiger partial charge on any atom is 0.0544 e. The molecule has 1 nitrogen and oxygen atoms in total. The molecule has 4 rings (SSSR count). The van der Waals surface area contributed by atoms with Crippen molar-refractivity contribution in [2.45, 2.75) is 5.33 Å². The number of fused-ring (bicyclic) bond motifs is 3. The predicted molar refractivity (Wildman–Crippen MR) is 102 cm³/mol. The minimum atomic E-state index is 0.840. The molecule has 0 aliphatic carbocycles. The summed E-state index contributed by atoms with van der Waals surface area (Å²) in [4.78, 5) is 3.59. The van der Waals surface area contributed by atoms with Gasteiger partial charge in [-0.2, -0.15) is 0 Å². The topological polar surface area (TPSA) is 15.8 Å². The molecule has 1 aromatic heterocycles. The van der Waals surface area contributed by atoms with Gasteiger partial charge in [0.2, 0.25) is 0 Å². The van der Waals surface area contributed by atoms with Gasteiger partial charge in [0.25, 0.3) is 0 Å². The van der Waals surface area contributed by atoms with Gasteiger partial charge >= 0.3 is 0 Å². The smallest absolute Gasteiger partial charge is 0.0544 e. The van der Waals surface area contributed by atoms with Gasteiger partial charge in [0.15, 0.2) is 0 Å². The van der Waals surface area contributed by atoms with Gasteiger partial charge in [0, 0.05) is 31.7 Å². The van der Waals surface area contributed by atoms with Crippen LogP contribution in [0.15, 0.2) is 65.1 Å². The van der Waals surface area contributed by atoms with Crippen LogP contribution in [0.25, 0.3) is 32.9 Å². The van der Waals surface area contributed by atoms with Crippen molar-refractivity contribution in [3.8, 4) is 11.1 Å². The van der Waals surface area contributed by atoms with Crippen LogP contribution in [0.4, 0.5) is 0 Å². The standard InChI is InChI=1S/C19H13Br2N/c20-11-12-8-9-13(21)10-17(12)16-6-3-5-15-14-4-1-2-7-18(14)22-19(15)16/h1-10,22H,11H2. The molecule has 0 aliphatic heterocycles. The summed E-state index contributed by atoms with van der Waals surface area (Å²) in [6, 6.07) is 21.4. The molecule has 0 spiro atoms. The van der Waals surface area contributed by atoms with Crippen LogP contribution in [0.3, 0.4) is 0 Å². The number of nitrogens with one attached hydrogen (secondary N) is 1. The highest BCUT2D eigenvalue weighted by atomic mass is 79.9. The molecule has 4 aromatic rings. The lowest BCUT2D eigenvalue weighted by molar-refractivity contribution is 1.41. The largest absolute Gasteiger partial charge is 0.354 e. The third kappa shape index (κ3) is 2.20. The van der Waals surface area contributed by atoms with Crippen LogP contribution >= 0.6 is 31.9 Å². The van der Waals surface area contributed by atoms with E-state index >= 15 is 0 Å². The second-order valence-corrected chi connectivity index (χ2v) is 6.81. The Balaban J connectivity index is 2.09. The van der Waals surface area contributed by atoms with Crippen LogP contribution in [0.5, 0.6) is 0 Å². The van der Waals surface area contributed by atoms with Crippen molar-refractivity contribution >= 4 is 53.7 Å². The first kappa shape index (κ1) is 14.0. The van der Waals surface area contributed by atoms with Crippen molar-refractivity contribution in [2.75, 3.05) is 0 Å². The van der Waals surface area contributed by atoms with Gasteiger partial charge in [-0.15, -0.1) is 0 Å². The molecule has 22 heavy (non-hydrogen) atoms. The molecule has 1 N–H and O–H groups in total. The number of para-hydroxylation sites is 2. The van der Waals surface area contributed by atoms with Gasteiger partial charge in [-0.3, -0.25) is 0 Å². The van der Waals surface area contributed by atoms with Crippen LogP contribution < -0.4 is 0 Å². The Morgan fingerprint density at radius 3 is 2.50 bits per heavy atom. The van der Waals surface area contributed by atoms with E-state index in [0.717, 1.165) is 9.80 Å². The number of rotatable bonds is 2. The van der Waals surface area contributed by atoms with Crippen LogP contribution in [0.2, 0.25) is 0 Å². The molecular formula is C19H13Br2N. The van der Waals surface area contributed by atoms with Gasteiger partial charge in [-0.25, -0.2) is 0 Å². The molecule has 0 bridgehead atoms. The monoisotopic (exact) mass is 413 g/mol. The number of H-pyrrole nitrogens is 1. The first-order chi connectivity index (χ1) is 10.8. The van der Waals surface area contributed by atoms with Crippen LogP contribution in [-0.4, -0.2) is 4.98 Å². The van der Waals surface area contributed by atoms with Gasteiger partial charge < -0.3 is 4.98 Å². The van der Waals surface area contributed by atoms with Crippen molar-refractivity contribution < 1.29 is 0 Å². The summed E-state index contributed by atoms with van der Waals surface area (Å²) in [6.45, 7) is 0. The zero-order valence-corrected chi connectivity index (χ0v) is 14.9. The second kappa shape index (κ2) is 5.56. The average molecular weight is 415 g/mol. The number of alkyl halides is 1. The highest BCUT2D eigenvalue weighted by Crippen LogP contribution is 2.36. The van der Waals surface area contributed by atoms with E-state index in [-0.39, 0.29) is 0 Å². The summed E-state index contributed by atoms with van der Waals surface area (Å²) in [7, 11) is 0. The predicted octanol–water partition coefficient (Wildman–Crippen LogP) is 6.65. The fourth-order valence-corrected chi connectivity index (χ4v) is 3.86. The molecule has 0 unspecified atom stereocenters. The Bertz CT molecular complexity index is 985. The zero-order valence-electron chi connectivity index (χ0n) is 11.7. The van der Waals surface area contributed by atoms with Crippen molar-refractivity contribution in [1.82, 2.24) is 4.98 Å². The van der Waals surface area contributed by atoms with E-state index in [1.54, 1.807) is 0 Å². The minimum absolute atomic E-state index is 0.840. The summed E-state index contributed by atoms with van der Waals surface area (Å²) >= 11 is 7.20. The van der Waals surface area contributed by atoms with E-state index in [4.69, 9.17) is 0 Å². The normalized spacial score (nSPS) is 11.4. The molecule has 0 fully saturated rings. The van der Waals surface area contributed by atoms with E-state index in [1.807, 2.05) is 0 Å². The summed E-state index contributed by atoms with van der Waals surface area (Å²) in [5.74, 6) is 0. The first-order valence-electron chi connectivity index (χ1n) is 7.12. The zero-order chi connectivity index (χ0) is 15.1. The number of aromatic nitrogens is 1. The molecule has 0 atom stereocenters. The highest BCUT2D eigenvalue weighted by Gasteiger charge is 2.12. The first-order valence-corrected chi connectivity index (χ1v) is 9.03. The highest BCUT2D eigenvalue weighted by molar-refractivity contribution is 9.10. The Labute approximate surface area is 145 Å². The summed E-state index contributed by atoms with van der Waals surface area (Å²) in [5.41, 5.74) is 6.16. The van der Waals surface area contributed by atoms with E-state index in [9.17, 15) is 0 Å². The Morgan fingerprint density at radius 1 is 0.818 bits per heavy atom. The molecule has 0 saturated carbocycles. The second-order valence-electron chi connectivity index (χ2n) is 5.33. The summed E-state index contributed by atoms with van der Waals surface area (Å²) in [6.07, 6.45) is 0. The van der Waals surface area contributed by atoms with Crippen molar-refractivity contribution in [1.29, 1.82) is 0 Å². The minimum Gasteiger partial charge on any atom is -0.354 e. The average Bonchev–Trinajstić information content (AvgIpc) is 2.93. The third-order valence-electron chi connectivity index (χ3n) is 4.05. The van der Waals surface area contributed by atoms with Gasteiger partial charge in [-0.05, 0) is 29.3 Å². The van der Waals surface area contributed by atoms with Crippen molar-refractivity contribution in [3.05, 3.63) is 70.7 Å². The van der Waals surface area contributed by atoms with Gasteiger partial charge in [-0.1, -0.05) is 74.3 Å². The maximum absolute atomic E-state index is 3.60. The number of hydrogen-bond acceptors (Lipinski definition) is 0. The van der Waals surface area contributed by atoms with E-state index < -0.39 is 0 Å². The number of hydrogen-bond donors (Lipinski definition) is 1. The third-order valence-corrected chi connectivity index (χ3v) is 5.14. The molecule has 0 aliphatic rings.